The quantitative estimate of drug-likeness (QED) is 0.801. The predicted molar refractivity (Wildman–Crippen MR) is 92.3 cm³/mol. The zero-order valence-electron chi connectivity index (χ0n) is 13.3. The highest BCUT2D eigenvalue weighted by molar-refractivity contribution is 9.10. The Labute approximate surface area is 148 Å². The van der Waals surface area contributed by atoms with E-state index < -0.39 is 0 Å². The van der Waals surface area contributed by atoms with Crippen molar-refractivity contribution in [2.45, 2.75) is 18.9 Å². The van der Waals surface area contributed by atoms with Gasteiger partial charge in [-0.3, -0.25) is 4.79 Å². The third-order valence-electron chi connectivity index (χ3n) is 3.97. The van der Waals surface area contributed by atoms with Crippen molar-refractivity contribution in [3.05, 3.63) is 46.6 Å². The van der Waals surface area contributed by atoms with Crippen molar-refractivity contribution in [3.8, 4) is 11.6 Å². The molecule has 7 heteroatoms. The van der Waals surface area contributed by atoms with Crippen LogP contribution in [0.3, 0.4) is 0 Å². The smallest absolute Gasteiger partial charge is 0.255 e. The topological polar surface area (TPSA) is 64.5 Å². The molecule has 1 aromatic heterocycles. The van der Waals surface area contributed by atoms with Gasteiger partial charge in [-0.2, -0.15) is 5.10 Å². The van der Waals surface area contributed by atoms with Gasteiger partial charge in [-0.1, -0.05) is 0 Å². The van der Waals surface area contributed by atoms with Gasteiger partial charge in [0.05, 0.1) is 12.7 Å². The molecule has 0 unspecified atom stereocenters. The number of carbonyl (C=O) groups excluding carboxylic acids is 1. The molecule has 0 aliphatic carbocycles. The van der Waals surface area contributed by atoms with Crippen LogP contribution in [0.4, 0.5) is 0 Å². The van der Waals surface area contributed by atoms with Crippen LogP contribution in [0.5, 0.6) is 11.6 Å². The van der Waals surface area contributed by atoms with Gasteiger partial charge < -0.3 is 14.4 Å². The molecule has 24 heavy (non-hydrogen) atoms. The summed E-state index contributed by atoms with van der Waals surface area (Å²) in [5.41, 5.74) is 0.614. The first-order valence-corrected chi connectivity index (χ1v) is 8.54. The fourth-order valence-electron chi connectivity index (χ4n) is 2.66. The van der Waals surface area contributed by atoms with Crippen LogP contribution in [-0.4, -0.2) is 47.3 Å². The van der Waals surface area contributed by atoms with E-state index in [2.05, 4.69) is 26.1 Å². The highest BCUT2D eigenvalue weighted by Crippen LogP contribution is 2.25. The number of halogens is 1. The standard InChI is InChI=1S/C17H18BrN3O3/c1-23-13-4-5-15(18)14(11-13)17(22)21-9-6-12(7-10-21)24-16-3-2-8-19-20-16/h2-5,8,11-12H,6-7,9-10H2,1H3. The highest BCUT2D eigenvalue weighted by atomic mass is 79.9. The van der Waals surface area contributed by atoms with Gasteiger partial charge in [-0.25, -0.2) is 0 Å². The Hall–Kier alpha value is -2.15. The van der Waals surface area contributed by atoms with E-state index in [4.69, 9.17) is 9.47 Å². The third kappa shape index (κ3) is 3.84. The molecule has 2 heterocycles. The molecule has 3 rings (SSSR count). The van der Waals surface area contributed by atoms with Crippen LogP contribution in [0.25, 0.3) is 0 Å². The summed E-state index contributed by atoms with van der Waals surface area (Å²) in [6, 6.07) is 8.99. The average Bonchev–Trinajstić information content (AvgIpc) is 2.63. The number of hydrogen-bond donors (Lipinski definition) is 0. The normalized spacial score (nSPS) is 15.2. The van der Waals surface area contributed by atoms with Crippen LogP contribution < -0.4 is 9.47 Å². The molecule has 6 nitrogen and oxygen atoms in total. The van der Waals surface area contributed by atoms with Crippen molar-refractivity contribution < 1.29 is 14.3 Å². The summed E-state index contributed by atoms with van der Waals surface area (Å²) >= 11 is 3.44. The van der Waals surface area contributed by atoms with Gasteiger partial charge in [-0.15, -0.1) is 5.10 Å². The molecule has 0 saturated carbocycles. The molecule has 1 aliphatic rings. The fourth-order valence-corrected chi connectivity index (χ4v) is 3.08. The molecule has 0 bridgehead atoms. The first-order chi connectivity index (χ1) is 11.7. The van der Waals surface area contributed by atoms with E-state index in [-0.39, 0.29) is 12.0 Å². The Morgan fingerprint density at radius 1 is 1.29 bits per heavy atom. The zero-order valence-corrected chi connectivity index (χ0v) is 14.9. The van der Waals surface area contributed by atoms with Crippen LogP contribution in [0.1, 0.15) is 23.2 Å². The van der Waals surface area contributed by atoms with Gasteiger partial charge in [0.15, 0.2) is 0 Å². The number of nitrogens with zero attached hydrogens (tertiary/aromatic N) is 3. The number of methoxy groups -OCH3 is 1. The molecule has 1 amide bonds. The van der Waals surface area contributed by atoms with Crippen LogP contribution in [-0.2, 0) is 0 Å². The van der Waals surface area contributed by atoms with Gasteiger partial charge >= 0.3 is 0 Å². The van der Waals surface area contributed by atoms with Crippen molar-refractivity contribution in [2.24, 2.45) is 0 Å². The number of carbonyl (C=O) groups is 1. The van der Waals surface area contributed by atoms with Crippen LogP contribution in [0, 0.1) is 0 Å². The van der Waals surface area contributed by atoms with Crippen molar-refractivity contribution in [3.63, 3.8) is 0 Å². The number of rotatable bonds is 4. The van der Waals surface area contributed by atoms with Crippen LogP contribution in [0.2, 0.25) is 0 Å². The average molecular weight is 392 g/mol. The van der Waals surface area contributed by atoms with Crippen molar-refractivity contribution >= 4 is 21.8 Å². The Balaban J connectivity index is 1.61. The van der Waals surface area contributed by atoms with E-state index in [1.54, 1.807) is 31.5 Å². The summed E-state index contributed by atoms with van der Waals surface area (Å²) in [6.07, 6.45) is 3.20. The second kappa shape index (κ2) is 7.61. The van der Waals surface area contributed by atoms with E-state index in [1.807, 2.05) is 17.0 Å². The molecule has 1 aliphatic heterocycles. The molecular weight excluding hydrogens is 374 g/mol. The number of benzene rings is 1. The minimum Gasteiger partial charge on any atom is -0.497 e. The van der Waals surface area contributed by atoms with Crippen molar-refractivity contribution in [1.29, 1.82) is 0 Å². The van der Waals surface area contributed by atoms with Gasteiger partial charge in [0.1, 0.15) is 11.9 Å². The molecule has 126 valence electrons. The second-order valence-corrected chi connectivity index (χ2v) is 6.37. The lowest BCUT2D eigenvalue weighted by molar-refractivity contribution is 0.0585. The summed E-state index contributed by atoms with van der Waals surface area (Å²) in [6.45, 7) is 1.29. The second-order valence-electron chi connectivity index (χ2n) is 5.52. The highest BCUT2D eigenvalue weighted by Gasteiger charge is 2.26. The summed E-state index contributed by atoms with van der Waals surface area (Å²) < 4.78 is 11.8. The maximum absolute atomic E-state index is 12.7. The van der Waals surface area contributed by atoms with Crippen molar-refractivity contribution in [1.82, 2.24) is 15.1 Å². The monoisotopic (exact) mass is 391 g/mol. The van der Waals surface area contributed by atoms with E-state index in [0.717, 1.165) is 17.3 Å². The minimum absolute atomic E-state index is 0.00118. The number of amides is 1. The molecule has 1 aromatic carbocycles. The molecule has 1 fully saturated rings. The molecular formula is C17H18BrN3O3. The van der Waals surface area contributed by atoms with E-state index in [1.165, 1.54) is 0 Å². The first-order valence-electron chi connectivity index (χ1n) is 7.74. The summed E-state index contributed by atoms with van der Waals surface area (Å²) in [4.78, 5) is 14.6. The summed E-state index contributed by atoms with van der Waals surface area (Å²) in [5, 5.41) is 7.73. The lowest BCUT2D eigenvalue weighted by atomic mass is 10.1. The Kier molecular flexibility index (Phi) is 5.30. The molecule has 0 atom stereocenters. The van der Waals surface area contributed by atoms with Crippen LogP contribution in [0.15, 0.2) is 41.0 Å². The molecule has 2 aromatic rings. The van der Waals surface area contributed by atoms with E-state index in [9.17, 15) is 4.79 Å². The van der Waals surface area contributed by atoms with E-state index in [0.29, 0.717) is 30.3 Å². The molecule has 1 saturated heterocycles. The number of hydrogen-bond acceptors (Lipinski definition) is 5. The minimum atomic E-state index is -0.00118. The predicted octanol–water partition coefficient (Wildman–Crippen LogP) is 2.93. The zero-order chi connectivity index (χ0) is 16.9. The lowest BCUT2D eigenvalue weighted by Crippen LogP contribution is -2.42. The maximum Gasteiger partial charge on any atom is 0.255 e. The van der Waals surface area contributed by atoms with Gasteiger partial charge in [0.25, 0.3) is 5.91 Å². The lowest BCUT2D eigenvalue weighted by Gasteiger charge is -2.32. The Bertz CT molecular complexity index is 703. The maximum atomic E-state index is 12.7. The number of aromatic nitrogens is 2. The van der Waals surface area contributed by atoms with Gasteiger partial charge in [0.2, 0.25) is 5.88 Å². The summed E-state index contributed by atoms with van der Waals surface area (Å²) in [5.74, 6) is 1.19. The molecule has 0 N–H and O–H groups in total. The Morgan fingerprint density at radius 3 is 2.75 bits per heavy atom. The van der Waals surface area contributed by atoms with Crippen molar-refractivity contribution in [2.75, 3.05) is 20.2 Å². The number of ether oxygens (including phenoxy) is 2. The largest absolute Gasteiger partial charge is 0.497 e. The van der Waals surface area contributed by atoms with E-state index >= 15 is 0 Å². The third-order valence-corrected chi connectivity index (χ3v) is 4.66. The number of likely N-dealkylation sites (tertiary alicyclic amines) is 1. The molecule has 0 spiro atoms. The van der Waals surface area contributed by atoms with Crippen LogP contribution >= 0.6 is 15.9 Å². The Morgan fingerprint density at radius 2 is 2.08 bits per heavy atom. The van der Waals surface area contributed by atoms with Gasteiger partial charge in [0, 0.05) is 42.7 Å². The summed E-state index contributed by atoms with van der Waals surface area (Å²) in [7, 11) is 1.59. The van der Waals surface area contributed by atoms with Gasteiger partial charge in [-0.05, 0) is 40.2 Å². The molecule has 0 radical (unpaired) electrons. The fraction of sp³-hybridized carbons (Fsp3) is 0.353. The first kappa shape index (κ1) is 16.7. The number of piperidine rings is 1. The SMILES string of the molecule is COc1ccc(Br)c(C(=O)N2CCC(Oc3cccnn3)CC2)c1.